The number of halogens is 4. The minimum atomic E-state index is -4.72. The van der Waals surface area contributed by atoms with Crippen LogP contribution in [-0.2, 0) is 19.0 Å². The zero-order valence-corrected chi connectivity index (χ0v) is 18.9. The molecular formula is C25H23F4N3O3. The predicted octanol–water partition coefficient (Wildman–Crippen LogP) is 4.13. The van der Waals surface area contributed by atoms with Crippen molar-refractivity contribution in [2.45, 2.75) is 38.0 Å². The minimum Gasteiger partial charge on any atom is -0.494 e. The smallest absolute Gasteiger partial charge is 0.418 e. The van der Waals surface area contributed by atoms with Crippen molar-refractivity contribution in [1.29, 1.82) is 0 Å². The van der Waals surface area contributed by atoms with Crippen LogP contribution in [-0.4, -0.2) is 41.2 Å². The van der Waals surface area contributed by atoms with E-state index in [1.54, 1.807) is 4.90 Å². The van der Waals surface area contributed by atoms with Crippen molar-refractivity contribution in [3.05, 3.63) is 69.3 Å². The standard InChI is InChI=1S/C25H23F4N3O3/c1-35-22-11-14(5-8-20(22)26)23-17-3-2-4-18(17)24(34)32(30-23)21-12-15(31-10-9-16(33)13-31)6-7-19(21)25(27,28)29/h5-8,11-12,16,33H,2-4,9-10,13H2,1H3. The van der Waals surface area contributed by atoms with Crippen molar-refractivity contribution >= 4 is 5.69 Å². The van der Waals surface area contributed by atoms with Gasteiger partial charge in [-0.15, -0.1) is 0 Å². The van der Waals surface area contributed by atoms with E-state index in [-0.39, 0.29) is 18.0 Å². The molecule has 0 bridgehead atoms. The fraction of sp³-hybridized carbons (Fsp3) is 0.360. The lowest BCUT2D eigenvalue weighted by Gasteiger charge is -2.22. The van der Waals surface area contributed by atoms with E-state index < -0.39 is 29.2 Å². The second-order valence-corrected chi connectivity index (χ2v) is 8.81. The average molecular weight is 489 g/mol. The van der Waals surface area contributed by atoms with Gasteiger partial charge < -0.3 is 14.7 Å². The number of ether oxygens (including phenoxy) is 1. The molecule has 1 N–H and O–H groups in total. The second kappa shape index (κ2) is 8.67. The van der Waals surface area contributed by atoms with Crippen LogP contribution in [0.5, 0.6) is 5.75 Å². The van der Waals surface area contributed by atoms with Crippen LogP contribution in [0, 0.1) is 5.82 Å². The highest BCUT2D eigenvalue weighted by atomic mass is 19.4. The van der Waals surface area contributed by atoms with Gasteiger partial charge in [0.2, 0.25) is 0 Å². The molecule has 2 aliphatic rings. The molecule has 0 spiro atoms. The number of hydrogen-bond donors (Lipinski definition) is 1. The molecule has 2 heterocycles. The largest absolute Gasteiger partial charge is 0.494 e. The van der Waals surface area contributed by atoms with Crippen LogP contribution in [0.3, 0.4) is 0 Å². The van der Waals surface area contributed by atoms with Crippen LogP contribution >= 0.6 is 0 Å². The van der Waals surface area contributed by atoms with Gasteiger partial charge in [0.05, 0.1) is 30.2 Å². The second-order valence-electron chi connectivity index (χ2n) is 8.81. The highest BCUT2D eigenvalue weighted by Gasteiger charge is 2.36. The lowest BCUT2D eigenvalue weighted by Crippen LogP contribution is -2.29. The highest BCUT2D eigenvalue weighted by molar-refractivity contribution is 5.67. The lowest BCUT2D eigenvalue weighted by molar-refractivity contribution is -0.137. The van der Waals surface area contributed by atoms with Crippen LogP contribution in [0.15, 0.2) is 41.2 Å². The van der Waals surface area contributed by atoms with Gasteiger partial charge in [0.25, 0.3) is 5.56 Å². The maximum absolute atomic E-state index is 14.0. The molecule has 1 aromatic heterocycles. The summed E-state index contributed by atoms with van der Waals surface area (Å²) >= 11 is 0. The molecule has 1 aliphatic carbocycles. The van der Waals surface area contributed by atoms with Crippen molar-refractivity contribution in [3.63, 3.8) is 0 Å². The Kier molecular flexibility index (Phi) is 5.79. The monoisotopic (exact) mass is 489 g/mol. The van der Waals surface area contributed by atoms with Gasteiger partial charge in [0, 0.05) is 29.9 Å². The number of anilines is 1. The molecule has 3 aromatic rings. The van der Waals surface area contributed by atoms with Gasteiger partial charge in [0.15, 0.2) is 11.6 Å². The van der Waals surface area contributed by atoms with Crippen molar-refractivity contribution < 1.29 is 27.4 Å². The molecule has 1 unspecified atom stereocenters. The van der Waals surface area contributed by atoms with Crippen molar-refractivity contribution in [1.82, 2.24) is 9.78 Å². The summed E-state index contributed by atoms with van der Waals surface area (Å²) < 4.78 is 62.0. The summed E-state index contributed by atoms with van der Waals surface area (Å²) in [5.74, 6) is -0.611. The van der Waals surface area contributed by atoms with Crippen LogP contribution < -0.4 is 15.2 Å². The zero-order valence-electron chi connectivity index (χ0n) is 18.9. The normalized spacial score (nSPS) is 17.7. The Morgan fingerprint density at radius 3 is 2.57 bits per heavy atom. The Balaban J connectivity index is 1.74. The molecule has 2 aromatic carbocycles. The number of aromatic nitrogens is 2. The Bertz CT molecular complexity index is 1350. The third-order valence-corrected chi connectivity index (χ3v) is 6.62. The molecule has 1 saturated heterocycles. The molecule has 1 aliphatic heterocycles. The SMILES string of the molecule is COc1cc(-c2nn(-c3cc(N4CCC(O)C4)ccc3C(F)(F)F)c(=O)c3c2CCC3)ccc1F. The summed E-state index contributed by atoms with van der Waals surface area (Å²) in [6.45, 7) is 0.775. The summed E-state index contributed by atoms with van der Waals surface area (Å²) in [6, 6.07) is 7.68. The number of rotatable bonds is 4. The van der Waals surface area contributed by atoms with E-state index in [9.17, 15) is 27.5 Å². The number of nitrogens with zero attached hydrogens (tertiary/aromatic N) is 3. The summed E-state index contributed by atoms with van der Waals surface area (Å²) in [4.78, 5) is 15.2. The number of benzene rings is 2. The first-order valence-electron chi connectivity index (χ1n) is 11.3. The molecule has 0 amide bonds. The maximum Gasteiger partial charge on any atom is 0.418 e. The first-order chi connectivity index (χ1) is 16.7. The Labute approximate surface area is 198 Å². The average Bonchev–Trinajstić information content (AvgIpc) is 3.49. The van der Waals surface area contributed by atoms with Crippen molar-refractivity contribution in [3.8, 4) is 22.7 Å². The summed E-state index contributed by atoms with van der Waals surface area (Å²) in [7, 11) is 1.32. The first kappa shape index (κ1) is 23.3. The van der Waals surface area contributed by atoms with Gasteiger partial charge in [-0.1, -0.05) is 0 Å². The summed E-state index contributed by atoms with van der Waals surface area (Å²) in [6.07, 6.45) is -3.16. The maximum atomic E-state index is 14.0. The topological polar surface area (TPSA) is 67.6 Å². The number of aliphatic hydroxyl groups is 1. The van der Waals surface area contributed by atoms with E-state index in [0.717, 1.165) is 10.7 Å². The van der Waals surface area contributed by atoms with Gasteiger partial charge in [-0.25, -0.2) is 4.39 Å². The zero-order chi connectivity index (χ0) is 24.9. The minimum absolute atomic E-state index is 0.0284. The third-order valence-electron chi connectivity index (χ3n) is 6.62. The highest BCUT2D eigenvalue weighted by Crippen LogP contribution is 2.37. The fourth-order valence-corrected chi connectivity index (χ4v) is 4.88. The van der Waals surface area contributed by atoms with E-state index in [1.807, 2.05) is 0 Å². The quantitative estimate of drug-likeness (QED) is 0.559. The van der Waals surface area contributed by atoms with Gasteiger partial charge in [-0.2, -0.15) is 23.0 Å². The number of methoxy groups -OCH3 is 1. The lowest BCUT2D eigenvalue weighted by atomic mass is 10.0. The molecule has 10 heteroatoms. The predicted molar refractivity (Wildman–Crippen MR) is 122 cm³/mol. The molecule has 1 atom stereocenters. The number of β-amino-alcohol motifs (C(OH)–C–C–N with tert-alkyl or cyclic N) is 1. The molecule has 0 radical (unpaired) electrons. The number of aliphatic hydroxyl groups excluding tert-OH is 1. The van der Waals surface area contributed by atoms with E-state index in [1.165, 1.54) is 37.4 Å². The molecule has 5 rings (SSSR count). The molecule has 35 heavy (non-hydrogen) atoms. The molecule has 0 saturated carbocycles. The number of alkyl halides is 3. The van der Waals surface area contributed by atoms with Crippen molar-refractivity contribution in [2.75, 3.05) is 25.1 Å². The van der Waals surface area contributed by atoms with E-state index in [0.29, 0.717) is 60.3 Å². The molecule has 6 nitrogen and oxygen atoms in total. The molecule has 184 valence electrons. The van der Waals surface area contributed by atoms with Crippen LogP contribution in [0.1, 0.15) is 29.5 Å². The Hall–Kier alpha value is -3.40. The van der Waals surface area contributed by atoms with Crippen LogP contribution in [0.25, 0.3) is 16.9 Å². The van der Waals surface area contributed by atoms with Crippen LogP contribution in [0.4, 0.5) is 23.2 Å². The van der Waals surface area contributed by atoms with E-state index in [2.05, 4.69) is 5.10 Å². The van der Waals surface area contributed by atoms with Gasteiger partial charge in [-0.05, 0) is 67.6 Å². The summed E-state index contributed by atoms with van der Waals surface area (Å²) in [5, 5.41) is 14.3. The number of hydrogen-bond acceptors (Lipinski definition) is 5. The molecule has 1 fully saturated rings. The van der Waals surface area contributed by atoms with E-state index >= 15 is 0 Å². The third kappa shape index (κ3) is 4.16. The van der Waals surface area contributed by atoms with Gasteiger partial charge in [-0.3, -0.25) is 4.79 Å². The van der Waals surface area contributed by atoms with Gasteiger partial charge >= 0.3 is 6.18 Å². The van der Waals surface area contributed by atoms with Crippen molar-refractivity contribution in [2.24, 2.45) is 0 Å². The summed E-state index contributed by atoms with van der Waals surface area (Å²) in [5.41, 5.74) is 0.333. The van der Waals surface area contributed by atoms with Gasteiger partial charge in [0.1, 0.15) is 0 Å². The molecular weight excluding hydrogens is 466 g/mol. The fourth-order valence-electron chi connectivity index (χ4n) is 4.88. The van der Waals surface area contributed by atoms with Crippen LogP contribution in [0.2, 0.25) is 0 Å². The Morgan fingerprint density at radius 1 is 1.11 bits per heavy atom. The Morgan fingerprint density at radius 2 is 1.89 bits per heavy atom. The first-order valence-corrected chi connectivity index (χ1v) is 11.3. The van der Waals surface area contributed by atoms with E-state index in [4.69, 9.17) is 4.74 Å². The number of fused-ring (bicyclic) bond motifs is 1.